The van der Waals surface area contributed by atoms with Crippen LogP contribution in [-0.2, 0) is 11.3 Å². The SMILES string of the molecule is C=N/C=C\N(C)CCN1Cc2ccc(C(=O)OC)cc2C1=O.CC. The topological polar surface area (TPSA) is 62.2 Å². The number of aliphatic imine (C=N–C) groups is 1. The van der Waals surface area contributed by atoms with Gasteiger partial charge in [-0.25, -0.2) is 4.79 Å². The second-order valence-corrected chi connectivity index (χ2v) is 5.05. The van der Waals surface area contributed by atoms with Gasteiger partial charge in [0.25, 0.3) is 5.91 Å². The van der Waals surface area contributed by atoms with Crippen LogP contribution in [0.25, 0.3) is 0 Å². The van der Waals surface area contributed by atoms with Gasteiger partial charge in [0.2, 0.25) is 0 Å². The van der Waals surface area contributed by atoms with Gasteiger partial charge in [-0.15, -0.1) is 0 Å². The lowest BCUT2D eigenvalue weighted by Crippen LogP contribution is -2.31. The summed E-state index contributed by atoms with van der Waals surface area (Å²) in [7, 11) is 3.23. The van der Waals surface area contributed by atoms with E-state index in [1.807, 2.05) is 31.9 Å². The number of likely N-dealkylation sites (N-methyl/N-ethyl adjacent to an activating group) is 1. The van der Waals surface area contributed by atoms with Crippen LogP contribution >= 0.6 is 0 Å². The van der Waals surface area contributed by atoms with E-state index in [1.54, 1.807) is 29.4 Å². The molecule has 1 heterocycles. The Bertz CT molecular complexity index is 626. The normalized spacial score (nSPS) is 12.5. The smallest absolute Gasteiger partial charge is 0.337 e. The minimum Gasteiger partial charge on any atom is -0.465 e. The number of methoxy groups -OCH3 is 1. The van der Waals surface area contributed by atoms with Crippen LogP contribution in [0, 0.1) is 0 Å². The molecule has 0 radical (unpaired) electrons. The average molecular weight is 331 g/mol. The summed E-state index contributed by atoms with van der Waals surface area (Å²) in [5, 5.41) is 0. The molecule has 2 rings (SSSR count). The highest BCUT2D eigenvalue weighted by molar-refractivity contribution is 6.01. The van der Waals surface area contributed by atoms with E-state index >= 15 is 0 Å². The molecule has 1 amide bonds. The molecule has 0 saturated carbocycles. The number of hydrogen-bond acceptors (Lipinski definition) is 5. The number of benzene rings is 1. The van der Waals surface area contributed by atoms with Crippen molar-refractivity contribution in [3.05, 3.63) is 47.3 Å². The minimum absolute atomic E-state index is 0.0556. The lowest BCUT2D eigenvalue weighted by Gasteiger charge is -2.20. The standard InChI is InChI=1S/C16H19N3O3.C2H6/c1-17-6-7-18(2)8-9-19-11-13-5-4-12(16(21)22-3)10-14(13)15(19)20;1-2/h4-7,10H,1,8-9,11H2,2-3H3;1-2H3/b7-6-;. The van der Waals surface area contributed by atoms with Crippen LogP contribution in [0.1, 0.15) is 40.1 Å². The number of amides is 1. The van der Waals surface area contributed by atoms with Crippen LogP contribution in [0.4, 0.5) is 0 Å². The second-order valence-electron chi connectivity index (χ2n) is 5.05. The summed E-state index contributed by atoms with van der Waals surface area (Å²) in [5.74, 6) is -0.490. The molecule has 1 aromatic rings. The van der Waals surface area contributed by atoms with Gasteiger partial charge in [0, 0.05) is 44.6 Å². The fraction of sp³-hybridized carbons (Fsp3) is 0.389. The largest absolute Gasteiger partial charge is 0.465 e. The fourth-order valence-electron chi connectivity index (χ4n) is 2.30. The molecule has 6 nitrogen and oxygen atoms in total. The molecular weight excluding hydrogens is 306 g/mol. The summed E-state index contributed by atoms with van der Waals surface area (Å²) < 4.78 is 4.68. The Kier molecular flexibility index (Phi) is 7.68. The van der Waals surface area contributed by atoms with E-state index in [4.69, 9.17) is 0 Å². The van der Waals surface area contributed by atoms with E-state index in [1.165, 1.54) is 7.11 Å². The van der Waals surface area contributed by atoms with Gasteiger partial charge in [-0.2, -0.15) is 0 Å². The average Bonchev–Trinajstić information content (AvgIpc) is 2.94. The van der Waals surface area contributed by atoms with E-state index in [2.05, 4.69) is 16.4 Å². The molecule has 0 aromatic heterocycles. The fourth-order valence-corrected chi connectivity index (χ4v) is 2.30. The zero-order valence-corrected chi connectivity index (χ0v) is 14.8. The maximum atomic E-state index is 12.4. The van der Waals surface area contributed by atoms with Crippen LogP contribution in [0.15, 0.2) is 35.6 Å². The van der Waals surface area contributed by atoms with E-state index in [9.17, 15) is 9.59 Å². The maximum absolute atomic E-state index is 12.4. The highest BCUT2D eigenvalue weighted by atomic mass is 16.5. The molecule has 0 atom stereocenters. The monoisotopic (exact) mass is 331 g/mol. The molecule has 0 aliphatic carbocycles. The molecule has 0 unspecified atom stereocenters. The van der Waals surface area contributed by atoms with Crippen molar-refractivity contribution in [3.63, 3.8) is 0 Å². The lowest BCUT2D eigenvalue weighted by molar-refractivity contribution is 0.0600. The third kappa shape index (κ3) is 4.68. The molecule has 130 valence electrons. The van der Waals surface area contributed by atoms with Crippen LogP contribution < -0.4 is 0 Å². The second kappa shape index (κ2) is 9.50. The number of hydrogen-bond donors (Lipinski definition) is 0. The predicted molar refractivity (Wildman–Crippen MR) is 95.2 cm³/mol. The first-order valence-electron chi connectivity index (χ1n) is 7.90. The summed E-state index contributed by atoms with van der Waals surface area (Å²) in [5.41, 5.74) is 1.91. The zero-order valence-electron chi connectivity index (χ0n) is 14.8. The molecule has 1 aromatic carbocycles. The lowest BCUT2D eigenvalue weighted by atomic mass is 10.1. The molecule has 24 heavy (non-hydrogen) atoms. The third-order valence-electron chi connectivity index (χ3n) is 3.56. The highest BCUT2D eigenvalue weighted by Gasteiger charge is 2.28. The first kappa shape index (κ1) is 19.4. The number of carbonyl (C=O) groups excluding carboxylic acids is 2. The first-order valence-corrected chi connectivity index (χ1v) is 7.90. The summed E-state index contributed by atoms with van der Waals surface area (Å²) in [6, 6.07) is 5.10. The third-order valence-corrected chi connectivity index (χ3v) is 3.56. The Labute approximate surface area is 143 Å². The molecule has 0 fully saturated rings. The highest BCUT2D eigenvalue weighted by Crippen LogP contribution is 2.24. The Morgan fingerprint density at radius 3 is 2.79 bits per heavy atom. The van der Waals surface area contributed by atoms with Crippen LogP contribution in [0.3, 0.4) is 0 Å². The van der Waals surface area contributed by atoms with Crippen molar-refractivity contribution in [2.24, 2.45) is 4.99 Å². The van der Waals surface area contributed by atoms with Crippen molar-refractivity contribution in [2.75, 3.05) is 27.2 Å². The van der Waals surface area contributed by atoms with Gasteiger partial charge in [0.05, 0.1) is 12.7 Å². The van der Waals surface area contributed by atoms with Crippen molar-refractivity contribution >= 4 is 18.6 Å². The van der Waals surface area contributed by atoms with Gasteiger partial charge in [0.1, 0.15) is 0 Å². The first-order chi connectivity index (χ1) is 11.6. The van der Waals surface area contributed by atoms with Gasteiger partial charge in [-0.05, 0) is 24.4 Å². The van der Waals surface area contributed by atoms with E-state index < -0.39 is 5.97 Å². The molecule has 0 N–H and O–H groups in total. The number of fused-ring (bicyclic) bond motifs is 1. The molecule has 0 spiro atoms. The van der Waals surface area contributed by atoms with Gasteiger partial charge in [0.15, 0.2) is 0 Å². The van der Waals surface area contributed by atoms with E-state index in [-0.39, 0.29) is 5.91 Å². The van der Waals surface area contributed by atoms with Crippen LogP contribution in [0.2, 0.25) is 0 Å². The number of esters is 1. The van der Waals surface area contributed by atoms with Crippen molar-refractivity contribution in [3.8, 4) is 0 Å². The molecule has 6 heteroatoms. The van der Waals surface area contributed by atoms with Crippen molar-refractivity contribution in [1.82, 2.24) is 9.80 Å². The molecule has 0 bridgehead atoms. The number of nitrogens with zero attached hydrogens (tertiary/aromatic N) is 3. The van der Waals surface area contributed by atoms with Gasteiger partial charge < -0.3 is 14.5 Å². The molecule has 1 aliphatic heterocycles. The van der Waals surface area contributed by atoms with Crippen molar-refractivity contribution in [1.29, 1.82) is 0 Å². The van der Waals surface area contributed by atoms with Crippen LogP contribution in [0.5, 0.6) is 0 Å². The molecule has 1 aliphatic rings. The number of carbonyl (C=O) groups is 2. The molecular formula is C18H25N3O3. The summed E-state index contributed by atoms with van der Waals surface area (Å²) in [6.45, 7) is 9.22. The van der Waals surface area contributed by atoms with Gasteiger partial charge >= 0.3 is 5.97 Å². The summed E-state index contributed by atoms with van der Waals surface area (Å²) in [4.78, 5) is 31.3. The minimum atomic E-state index is -0.434. The Morgan fingerprint density at radius 1 is 1.46 bits per heavy atom. The Balaban J connectivity index is 0.00000139. The Morgan fingerprint density at radius 2 is 2.17 bits per heavy atom. The summed E-state index contributed by atoms with van der Waals surface area (Å²) in [6.07, 6.45) is 3.40. The molecule has 0 saturated heterocycles. The van der Waals surface area contributed by atoms with Gasteiger partial charge in [-0.3, -0.25) is 9.79 Å². The number of ether oxygens (including phenoxy) is 1. The predicted octanol–water partition coefficient (Wildman–Crippen LogP) is 2.56. The van der Waals surface area contributed by atoms with E-state index in [0.717, 1.165) is 5.56 Å². The van der Waals surface area contributed by atoms with E-state index in [0.29, 0.717) is 30.8 Å². The van der Waals surface area contributed by atoms with Gasteiger partial charge in [-0.1, -0.05) is 19.9 Å². The maximum Gasteiger partial charge on any atom is 0.337 e. The Hall–Kier alpha value is -2.63. The zero-order chi connectivity index (χ0) is 18.1. The number of rotatable bonds is 6. The van der Waals surface area contributed by atoms with Crippen molar-refractivity contribution < 1.29 is 14.3 Å². The van der Waals surface area contributed by atoms with Crippen molar-refractivity contribution in [2.45, 2.75) is 20.4 Å². The summed E-state index contributed by atoms with van der Waals surface area (Å²) >= 11 is 0. The van der Waals surface area contributed by atoms with Crippen LogP contribution in [-0.4, -0.2) is 55.6 Å². The quantitative estimate of drug-likeness (QED) is 0.594.